The number of nitrogens with one attached hydrogen (secondary N) is 1. The fourth-order valence-corrected chi connectivity index (χ4v) is 2.20. The zero-order valence-corrected chi connectivity index (χ0v) is 10.2. The van der Waals surface area contributed by atoms with Crippen molar-refractivity contribution in [3.8, 4) is 0 Å². The lowest BCUT2D eigenvalue weighted by atomic mass is 10.1. The van der Waals surface area contributed by atoms with Crippen molar-refractivity contribution in [2.24, 2.45) is 5.41 Å². The molecule has 1 saturated carbocycles. The Labute approximate surface area is 106 Å². The minimum Gasteiger partial charge on any atom is -0.397 e. The van der Waals surface area contributed by atoms with E-state index in [2.05, 4.69) is 10.3 Å². The van der Waals surface area contributed by atoms with E-state index in [1.807, 2.05) is 24.4 Å². The van der Waals surface area contributed by atoms with Gasteiger partial charge in [-0.15, -0.1) is 0 Å². The van der Waals surface area contributed by atoms with Crippen LogP contribution in [0.4, 0.5) is 11.4 Å². The van der Waals surface area contributed by atoms with Crippen molar-refractivity contribution in [1.82, 2.24) is 4.98 Å². The number of aliphatic hydroxyl groups is 1. The highest BCUT2D eigenvalue weighted by atomic mass is 16.3. The average Bonchev–Trinajstić information content (AvgIpc) is 3.19. The quantitative estimate of drug-likeness (QED) is 0.718. The topological polar surface area (TPSA) is 71.2 Å². The third kappa shape index (κ3) is 1.88. The second-order valence-electron chi connectivity index (χ2n) is 5.14. The number of rotatable bonds is 4. The Morgan fingerprint density at radius 1 is 1.33 bits per heavy atom. The predicted octanol–water partition coefficient (Wildman–Crippen LogP) is 2.00. The van der Waals surface area contributed by atoms with Crippen LogP contribution in [-0.2, 0) is 0 Å². The molecule has 2 aromatic rings. The van der Waals surface area contributed by atoms with Gasteiger partial charge in [0.2, 0.25) is 0 Å². The van der Waals surface area contributed by atoms with Gasteiger partial charge < -0.3 is 16.2 Å². The molecule has 3 rings (SSSR count). The minimum absolute atomic E-state index is 0.0830. The lowest BCUT2D eigenvalue weighted by Gasteiger charge is -2.16. The maximum absolute atomic E-state index is 9.30. The van der Waals surface area contributed by atoms with Crippen LogP contribution in [0.5, 0.6) is 0 Å². The van der Waals surface area contributed by atoms with Gasteiger partial charge in [0, 0.05) is 35.1 Å². The van der Waals surface area contributed by atoms with E-state index < -0.39 is 0 Å². The molecular weight excluding hydrogens is 226 g/mol. The number of pyridine rings is 1. The van der Waals surface area contributed by atoms with Crippen molar-refractivity contribution in [2.45, 2.75) is 12.8 Å². The number of aromatic nitrogens is 1. The Morgan fingerprint density at radius 3 is 2.89 bits per heavy atom. The molecule has 0 spiro atoms. The first-order chi connectivity index (χ1) is 8.74. The second kappa shape index (κ2) is 4.14. The fourth-order valence-electron chi connectivity index (χ4n) is 2.20. The molecule has 18 heavy (non-hydrogen) atoms. The van der Waals surface area contributed by atoms with E-state index in [9.17, 15) is 5.11 Å². The molecular formula is C14H17N3O. The zero-order chi connectivity index (χ0) is 12.6. The van der Waals surface area contributed by atoms with Gasteiger partial charge in [-0.2, -0.15) is 0 Å². The number of nitrogens with zero attached hydrogens (tertiary/aromatic N) is 1. The van der Waals surface area contributed by atoms with Gasteiger partial charge in [-0.25, -0.2) is 0 Å². The Balaban J connectivity index is 1.86. The van der Waals surface area contributed by atoms with Gasteiger partial charge in [-0.05, 0) is 25.0 Å². The molecule has 1 aliphatic carbocycles. The number of hydrogen-bond donors (Lipinski definition) is 3. The largest absolute Gasteiger partial charge is 0.397 e. The number of nitrogens with two attached hydrogens (primary N) is 1. The first kappa shape index (κ1) is 11.3. The Hall–Kier alpha value is -1.81. The molecule has 4 N–H and O–H groups in total. The molecule has 1 fully saturated rings. The molecule has 0 amide bonds. The molecule has 1 aromatic heterocycles. The first-order valence-corrected chi connectivity index (χ1v) is 6.21. The summed E-state index contributed by atoms with van der Waals surface area (Å²) in [6.45, 7) is 1.03. The molecule has 4 heteroatoms. The zero-order valence-electron chi connectivity index (χ0n) is 10.2. The summed E-state index contributed by atoms with van der Waals surface area (Å²) < 4.78 is 0. The molecule has 1 heterocycles. The Bertz CT molecular complexity index is 578. The van der Waals surface area contributed by atoms with E-state index in [0.29, 0.717) is 0 Å². The SMILES string of the molecule is Nc1c(NCC2(CO)CC2)ccc2cnccc12. The maximum atomic E-state index is 9.30. The summed E-state index contributed by atoms with van der Waals surface area (Å²) in [6.07, 6.45) is 5.74. The summed E-state index contributed by atoms with van der Waals surface area (Å²) in [7, 11) is 0. The monoisotopic (exact) mass is 243 g/mol. The average molecular weight is 243 g/mol. The highest BCUT2D eigenvalue weighted by molar-refractivity contribution is 5.98. The van der Waals surface area contributed by atoms with E-state index in [1.165, 1.54) is 0 Å². The fraction of sp³-hybridized carbons (Fsp3) is 0.357. The van der Waals surface area contributed by atoms with Crippen molar-refractivity contribution < 1.29 is 5.11 Å². The van der Waals surface area contributed by atoms with E-state index >= 15 is 0 Å². The summed E-state index contributed by atoms with van der Waals surface area (Å²) in [6, 6.07) is 5.92. The summed E-state index contributed by atoms with van der Waals surface area (Å²) in [5, 5.41) is 14.7. The molecule has 1 aromatic carbocycles. The Morgan fingerprint density at radius 2 is 2.17 bits per heavy atom. The molecule has 0 aliphatic heterocycles. The van der Waals surface area contributed by atoms with Crippen LogP contribution in [0.1, 0.15) is 12.8 Å². The molecule has 0 unspecified atom stereocenters. The third-order valence-corrected chi connectivity index (χ3v) is 3.81. The van der Waals surface area contributed by atoms with Crippen molar-refractivity contribution in [3.63, 3.8) is 0 Å². The van der Waals surface area contributed by atoms with Gasteiger partial charge in [-0.3, -0.25) is 4.98 Å². The lowest BCUT2D eigenvalue weighted by Crippen LogP contribution is -2.19. The lowest BCUT2D eigenvalue weighted by molar-refractivity contribution is 0.220. The Kier molecular flexibility index (Phi) is 2.59. The third-order valence-electron chi connectivity index (χ3n) is 3.81. The van der Waals surface area contributed by atoms with Crippen LogP contribution in [0.25, 0.3) is 10.8 Å². The van der Waals surface area contributed by atoms with E-state index in [4.69, 9.17) is 5.73 Å². The minimum atomic E-state index is 0.0830. The van der Waals surface area contributed by atoms with Gasteiger partial charge in [0.15, 0.2) is 0 Å². The van der Waals surface area contributed by atoms with E-state index in [-0.39, 0.29) is 12.0 Å². The molecule has 0 radical (unpaired) electrons. The molecule has 0 bridgehead atoms. The molecule has 0 atom stereocenters. The smallest absolute Gasteiger partial charge is 0.0630 e. The van der Waals surface area contributed by atoms with Crippen molar-refractivity contribution in [1.29, 1.82) is 0 Å². The number of fused-ring (bicyclic) bond motifs is 1. The number of benzene rings is 1. The van der Waals surface area contributed by atoms with Crippen LogP contribution < -0.4 is 11.1 Å². The van der Waals surface area contributed by atoms with Crippen molar-refractivity contribution in [3.05, 3.63) is 30.6 Å². The van der Waals surface area contributed by atoms with E-state index in [0.717, 1.165) is 41.5 Å². The second-order valence-corrected chi connectivity index (χ2v) is 5.14. The first-order valence-electron chi connectivity index (χ1n) is 6.21. The van der Waals surface area contributed by atoms with Gasteiger partial charge in [0.25, 0.3) is 0 Å². The molecule has 4 nitrogen and oxygen atoms in total. The maximum Gasteiger partial charge on any atom is 0.0630 e. The number of nitrogen functional groups attached to an aromatic ring is 1. The summed E-state index contributed by atoms with van der Waals surface area (Å²) in [5.74, 6) is 0. The summed E-state index contributed by atoms with van der Waals surface area (Å²) in [4.78, 5) is 4.08. The van der Waals surface area contributed by atoms with Crippen LogP contribution in [-0.4, -0.2) is 23.2 Å². The van der Waals surface area contributed by atoms with Crippen molar-refractivity contribution in [2.75, 3.05) is 24.2 Å². The molecule has 1 aliphatic rings. The highest BCUT2D eigenvalue weighted by Crippen LogP contribution is 2.45. The van der Waals surface area contributed by atoms with Gasteiger partial charge in [0.1, 0.15) is 0 Å². The van der Waals surface area contributed by atoms with Crippen molar-refractivity contribution >= 4 is 22.1 Å². The highest BCUT2D eigenvalue weighted by Gasteiger charge is 2.41. The van der Waals surface area contributed by atoms with Crippen LogP contribution in [0.2, 0.25) is 0 Å². The molecule has 0 saturated heterocycles. The van der Waals surface area contributed by atoms with Gasteiger partial charge >= 0.3 is 0 Å². The number of anilines is 2. The van der Waals surface area contributed by atoms with Crippen LogP contribution >= 0.6 is 0 Å². The normalized spacial score (nSPS) is 16.7. The van der Waals surface area contributed by atoms with Crippen LogP contribution in [0.3, 0.4) is 0 Å². The van der Waals surface area contributed by atoms with Gasteiger partial charge in [-0.1, -0.05) is 6.07 Å². The number of hydrogen-bond acceptors (Lipinski definition) is 4. The van der Waals surface area contributed by atoms with Crippen LogP contribution in [0, 0.1) is 5.41 Å². The predicted molar refractivity (Wildman–Crippen MR) is 73.4 cm³/mol. The van der Waals surface area contributed by atoms with E-state index in [1.54, 1.807) is 6.20 Å². The van der Waals surface area contributed by atoms with Crippen LogP contribution in [0.15, 0.2) is 30.6 Å². The van der Waals surface area contributed by atoms with Gasteiger partial charge in [0.05, 0.1) is 18.0 Å². The summed E-state index contributed by atoms with van der Waals surface area (Å²) in [5.41, 5.74) is 7.93. The standard InChI is InChI=1S/C14H17N3O/c15-13-11-3-6-16-7-10(11)1-2-12(13)17-8-14(9-18)4-5-14/h1-3,6-7,17-18H,4-5,8-9,15H2. The molecule has 94 valence electrons. The number of aliphatic hydroxyl groups excluding tert-OH is 1. The summed E-state index contributed by atoms with van der Waals surface area (Å²) >= 11 is 0.